The van der Waals surface area contributed by atoms with Crippen molar-refractivity contribution in [3.05, 3.63) is 34.4 Å². The zero-order chi connectivity index (χ0) is 13.1. The van der Waals surface area contributed by atoms with E-state index in [9.17, 15) is 0 Å². The first-order chi connectivity index (χ1) is 8.56. The lowest BCUT2D eigenvalue weighted by Crippen LogP contribution is -2.07. The molecule has 0 saturated carbocycles. The highest BCUT2D eigenvalue weighted by Crippen LogP contribution is 2.26. The number of rotatable bonds is 4. The highest BCUT2D eigenvalue weighted by Gasteiger charge is 2.05. The lowest BCUT2D eigenvalue weighted by Gasteiger charge is -2.10. The van der Waals surface area contributed by atoms with Gasteiger partial charge in [-0.25, -0.2) is 0 Å². The third-order valence-electron chi connectivity index (χ3n) is 2.58. The minimum absolute atomic E-state index is 0.554. The average molecular weight is 267 g/mol. The average Bonchev–Trinajstić information content (AvgIpc) is 2.71. The number of nitrogens with two attached hydrogens (primary N) is 1. The molecule has 5 nitrogen and oxygen atoms in total. The van der Waals surface area contributed by atoms with Crippen molar-refractivity contribution < 1.29 is 4.52 Å². The molecular formula is C12H15ClN4O. The molecule has 0 atom stereocenters. The van der Waals surface area contributed by atoms with Crippen molar-refractivity contribution in [2.75, 3.05) is 17.6 Å². The van der Waals surface area contributed by atoms with Crippen LogP contribution in [-0.4, -0.2) is 16.7 Å². The van der Waals surface area contributed by atoms with Gasteiger partial charge in [-0.1, -0.05) is 16.8 Å². The Kier molecular flexibility index (Phi) is 3.72. The van der Waals surface area contributed by atoms with Gasteiger partial charge in [-0.3, -0.25) is 0 Å². The van der Waals surface area contributed by atoms with E-state index in [0.29, 0.717) is 35.4 Å². The standard InChI is InChI=1S/C12H15ClN4O/c1-7-5-10(14)9(13)6-11(7)15-4-3-12-16-8(2)18-17-12/h5-6,15H,3-4,14H2,1-2H3. The molecule has 6 heteroatoms. The molecule has 0 aliphatic carbocycles. The predicted octanol–water partition coefficient (Wildman–Crippen LogP) is 2.58. The fourth-order valence-electron chi connectivity index (χ4n) is 1.65. The van der Waals surface area contributed by atoms with Crippen molar-refractivity contribution in [3.8, 4) is 0 Å². The number of nitrogens with one attached hydrogen (secondary N) is 1. The Balaban J connectivity index is 1.96. The smallest absolute Gasteiger partial charge is 0.223 e. The van der Waals surface area contributed by atoms with Crippen LogP contribution in [0.25, 0.3) is 0 Å². The number of nitrogens with zero attached hydrogens (tertiary/aromatic N) is 2. The maximum Gasteiger partial charge on any atom is 0.223 e. The fourth-order valence-corrected chi connectivity index (χ4v) is 1.81. The Morgan fingerprint density at radius 1 is 1.39 bits per heavy atom. The molecule has 0 aliphatic heterocycles. The van der Waals surface area contributed by atoms with E-state index in [4.69, 9.17) is 21.9 Å². The van der Waals surface area contributed by atoms with Crippen LogP contribution < -0.4 is 11.1 Å². The van der Waals surface area contributed by atoms with Crippen LogP contribution in [0.3, 0.4) is 0 Å². The van der Waals surface area contributed by atoms with Crippen molar-refractivity contribution in [1.82, 2.24) is 10.1 Å². The summed E-state index contributed by atoms with van der Waals surface area (Å²) >= 11 is 5.98. The molecule has 0 unspecified atom stereocenters. The van der Waals surface area contributed by atoms with Gasteiger partial charge in [0.05, 0.1) is 10.7 Å². The summed E-state index contributed by atoms with van der Waals surface area (Å²) in [5.41, 5.74) is 8.33. The van der Waals surface area contributed by atoms with E-state index in [0.717, 1.165) is 11.3 Å². The summed E-state index contributed by atoms with van der Waals surface area (Å²) in [5, 5.41) is 7.66. The Morgan fingerprint density at radius 3 is 2.83 bits per heavy atom. The van der Waals surface area contributed by atoms with Crippen LogP contribution in [0, 0.1) is 13.8 Å². The van der Waals surface area contributed by atoms with Gasteiger partial charge in [0.15, 0.2) is 5.82 Å². The Labute approximate surface area is 110 Å². The quantitative estimate of drug-likeness (QED) is 0.832. The predicted molar refractivity (Wildman–Crippen MR) is 71.8 cm³/mol. The summed E-state index contributed by atoms with van der Waals surface area (Å²) in [6.45, 7) is 4.46. The number of benzene rings is 1. The molecule has 1 aromatic heterocycles. The van der Waals surface area contributed by atoms with Crippen LogP contribution in [0.15, 0.2) is 16.7 Å². The Bertz CT molecular complexity index is 553. The molecule has 1 heterocycles. The molecule has 96 valence electrons. The molecule has 3 N–H and O–H groups in total. The first-order valence-electron chi connectivity index (χ1n) is 5.65. The van der Waals surface area contributed by atoms with Gasteiger partial charge in [-0.2, -0.15) is 4.98 Å². The molecule has 18 heavy (non-hydrogen) atoms. The van der Waals surface area contributed by atoms with Gasteiger partial charge in [0.25, 0.3) is 0 Å². The highest BCUT2D eigenvalue weighted by atomic mass is 35.5. The van der Waals surface area contributed by atoms with Crippen molar-refractivity contribution in [2.24, 2.45) is 0 Å². The molecule has 2 aromatic rings. The van der Waals surface area contributed by atoms with Gasteiger partial charge in [0, 0.05) is 25.6 Å². The molecule has 0 spiro atoms. The molecule has 0 fully saturated rings. The zero-order valence-electron chi connectivity index (χ0n) is 10.3. The third kappa shape index (κ3) is 2.92. The molecular weight excluding hydrogens is 252 g/mol. The number of hydrogen-bond acceptors (Lipinski definition) is 5. The summed E-state index contributed by atoms with van der Waals surface area (Å²) in [6.07, 6.45) is 0.693. The maximum atomic E-state index is 5.98. The first-order valence-corrected chi connectivity index (χ1v) is 6.02. The van der Waals surface area contributed by atoms with Crippen molar-refractivity contribution in [3.63, 3.8) is 0 Å². The van der Waals surface area contributed by atoms with Crippen LogP contribution in [0.1, 0.15) is 17.3 Å². The highest BCUT2D eigenvalue weighted by molar-refractivity contribution is 6.33. The van der Waals surface area contributed by atoms with Gasteiger partial charge in [0.1, 0.15) is 0 Å². The normalized spacial score (nSPS) is 10.6. The van der Waals surface area contributed by atoms with Gasteiger partial charge in [-0.05, 0) is 24.6 Å². The Morgan fingerprint density at radius 2 is 2.17 bits per heavy atom. The summed E-state index contributed by atoms with van der Waals surface area (Å²) < 4.78 is 4.90. The monoisotopic (exact) mass is 266 g/mol. The summed E-state index contributed by atoms with van der Waals surface area (Å²) in [7, 11) is 0. The maximum absolute atomic E-state index is 5.98. The van der Waals surface area contributed by atoms with Crippen LogP contribution in [0.4, 0.5) is 11.4 Å². The summed E-state index contributed by atoms with van der Waals surface area (Å²) in [5.74, 6) is 1.27. The first kappa shape index (κ1) is 12.7. The minimum atomic E-state index is 0.554. The second-order valence-electron chi connectivity index (χ2n) is 4.10. The second kappa shape index (κ2) is 5.27. The Hall–Kier alpha value is -1.75. The van der Waals surface area contributed by atoms with Gasteiger partial charge in [-0.15, -0.1) is 0 Å². The molecule has 1 aromatic carbocycles. The number of halogens is 1. The fraction of sp³-hybridized carbons (Fsp3) is 0.333. The molecule has 0 amide bonds. The van der Waals surface area contributed by atoms with Crippen LogP contribution in [0.2, 0.25) is 5.02 Å². The second-order valence-corrected chi connectivity index (χ2v) is 4.50. The van der Waals surface area contributed by atoms with Gasteiger partial charge >= 0.3 is 0 Å². The van der Waals surface area contributed by atoms with E-state index in [1.165, 1.54) is 0 Å². The van der Waals surface area contributed by atoms with Crippen molar-refractivity contribution >= 4 is 23.0 Å². The third-order valence-corrected chi connectivity index (χ3v) is 2.90. The number of nitrogen functional groups attached to an aromatic ring is 1. The lowest BCUT2D eigenvalue weighted by molar-refractivity contribution is 0.387. The van der Waals surface area contributed by atoms with Crippen LogP contribution in [0.5, 0.6) is 0 Å². The SMILES string of the molecule is Cc1nc(CCNc2cc(Cl)c(N)cc2C)no1. The number of aryl methyl sites for hydroxylation is 2. The van der Waals surface area contributed by atoms with Crippen molar-refractivity contribution in [2.45, 2.75) is 20.3 Å². The van der Waals surface area contributed by atoms with E-state index in [1.54, 1.807) is 6.92 Å². The number of anilines is 2. The van der Waals surface area contributed by atoms with Gasteiger partial charge in [0.2, 0.25) is 5.89 Å². The summed E-state index contributed by atoms with van der Waals surface area (Å²) in [4.78, 5) is 4.13. The van der Waals surface area contributed by atoms with E-state index in [1.807, 2.05) is 19.1 Å². The van der Waals surface area contributed by atoms with E-state index in [-0.39, 0.29) is 0 Å². The molecule has 0 bridgehead atoms. The van der Waals surface area contributed by atoms with Crippen LogP contribution in [-0.2, 0) is 6.42 Å². The zero-order valence-corrected chi connectivity index (χ0v) is 11.1. The van der Waals surface area contributed by atoms with Crippen LogP contribution >= 0.6 is 11.6 Å². The van der Waals surface area contributed by atoms with E-state index >= 15 is 0 Å². The minimum Gasteiger partial charge on any atom is -0.398 e. The topological polar surface area (TPSA) is 77.0 Å². The molecule has 2 rings (SSSR count). The largest absolute Gasteiger partial charge is 0.398 e. The molecule has 0 radical (unpaired) electrons. The van der Waals surface area contributed by atoms with Crippen molar-refractivity contribution in [1.29, 1.82) is 0 Å². The molecule has 0 aliphatic rings. The van der Waals surface area contributed by atoms with E-state index < -0.39 is 0 Å². The summed E-state index contributed by atoms with van der Waals surface area (Å²) in [6, 6.07) is 3.68. The molecule has 0 saturated heterocycles. The van der Waals surface area contributed by atoms with Gasteiger partial charge < -0.3 is 15.6 Å². The number of hydrogen-bond donors (Lipinski definition) is 2. The van der Waals surface area contributed by atoms with E-state index in [2.05, 4.69) is 15.5 Å². The number of aromatic nitrogens is 2. The lowest BCUT2D eigenvalue weighted by atomic mass is 10.1.